The summed E-state index contributed by atoms with van der Waals surface area (Å²) in [6.45, 7) is -0.142. The first-order valence-corrected chi connectivity index (χ1v) is 6.73. The Balaban J connectivity index is 2.08. The first-order chi connectivity index (χ1) is 8.75. The molecule has 2 aromatic heterocycles. The Morgan fingerprint density at radius 3 is 3.06 bits per heavy atom. The predicted octanol–water partition coefficient (Wildman–Crippen LogP) is 1.43. The summed E-state index contributed by atoms with van der Waals surface area (Å²) in [6, 6.07) is 0. The molecule has 0 bridgehead atoms. The second kappa shape index (κ2) is 4.53. The van der Waals surface area contributed by atoms with Crippen molar-refractivity contribution in [1.29, 1.82) is 0 Å². The van der Waals surface area contributed by atoms with Crippen LogP contribution < -0.4 is 10.5 Å². The van der Waals surface area contributed by atoms with Gasteiger partial charge in [0.25, 0.3) is 5.91 Å². The number of nitrogens with two attached hydrogens (primary N) is 1. The first-order valence-electron chi connectivity index (χ1n) is 5.92. The number of carbonyl (C=O) groups is 1. The smallest absolute Gasteiger partial charge is 0.255 e. The molecule has 0 fully saturated rings. The number of hydrogen-bond acceptors (Lipinski definition) is 5. The van der Waals surface area contributed by atoms with Gasteiger partial charge in [-0.1, -0.05) is 0 Å². The molecule has 0 atom stereocenters. The average Bonchev–Trinajstić information content (AvgIpc) is 2.75. The number of carbonyl (C=O) groups excluding carboxylic acids is 1. The van der Waals surface area contributed by atoms with Crippen molar-refractivity contribution < 1.29 is 9.53 Å². The summed E-state index contributed by atoms with van der Waals surface area (Å²) < 4.78 is 5.39. The zero-order valence-electron chi connectivity index (χ0n) is 9.81. The Morgan fingerprint density at radius 1 is 1.39 bits per heavy atom. The van der Waals surface area contributed by atoms with Crippen molar-refractivity contribution in [2.45, 2.75) is 25.7 Å². The Kier molecular flexibility index (Phi) is 2.87. The molecule has 5 nitrogen and oxygen atoms in total. The summed E-state index contributed by atoms with van der Waals surface area (Å²) >= 11 is 1.70. The van der Waals surface area contributed by atoms with Crippen molar-refractivity contribution >= 4 is 27.5 Å². The third-order valence-corrected chi connectivity index (χ3v) is 4.27. The molecular formula is C12H13N3O2S. The molecule has 1 amide bonds. The van der Waals surface area contributed by atoms with E-state index in [4.69, 9.17) is 10.5 Å². The summed E-state index contributed by atoms with van der Waals surface area (Å²) in [5.41, 5.74) is 6.39. The van der Waals surface area contributed by atoms with Gasteiger partial charge in [0.05, 0.1) is 5.39 Å². The van der Waals surface area contributed by atoms with E-state index in [1.54, 1.807) is 11.3 Å². The Bertz CT molecular complexity index is 609. The summed E-state index contributed by atoms with van der Waals surface area (Å²) in [5.74, 6) is -0.0101. The number of fused-ring (bicyclic) bond motifs is 3. The normalized spacial score (nSPS) is 14.4. The van der Waals surface area contributed by atoms with E-state index in [2.05, 4.69) is 9.97 Å². The van der Waals surface area contributed by atoms with Crippen LogP contribution in [0.5, 0.6) is 5.88 Å². The molecular weight excluding hydrogens is 250 g/mol. The van der Waals surface area contributed by atoms with Crippen LogP contribution >= 0.6 is 11.3 Å². The number of rotatable bonds is 3. The molecule has 18 heavy (non-hydrogen) atoms. The lowest BCUT2D eigenvalue weighted by Gasteiger charge is -2.11. The maximum absolute atomic E-state index is 10.8. The van der Waals surface area contributed by atoms with Gasteiger partial charge in [-0.3, -0.25) is 4.79 Å². The van der Waals surface area contributed by atoms with E-state index in [0.29, 0.717) is 5.88 Å². The van der Waals surface area contributed by atoms with Crippen LogP contribution in [0, 0.1) is 0 Å². The third kappa shape index (κ3) is 1.92. The van der Waals surface area contributed by atoms with Crippen molar-refractivity contribution in [3.63, 3.8) is 0 Å². The van der Waals surface area contributed by atoms with E-state index in [9.17, 15) is 4.79 Å². The SMILES string of the molecule is NC(=O)COc1ncnc2sc3c(c12)CCCC3. The van der Waals surface area contributed by atoms with Gasteiger partial charge in [0.1, 0.15) is 11.2 Å². The molecule has 3 rings (SSSR count). The molecule has 0 aliphatic heterocycles. The monoisotopic (exact) mass is 263 g/mol. The van der Waals surface area contributed by atoms with Crippen LogP contribution in [0.15, 0.2) is 6.33 Å². The molecule has 6 heteroatoms. The van der Waals surface area contributed by atoms with Crippen molar-refractivity contribution in [2.24, 2.45) is 5.73 Å². The molecule has 1 aliphatic rings. The molecule has 0 saturated carbocycles. The van der Waals surface area contributed by atoms with E-state index < -0.39 is 5.91 Å². The zero-order valence-corrected chi connectivity index (χ0v) is 10.6. The van der Waals surface area contributed by atoms with Crippen LogP contribution in [0.25, 0.3) is 10.2 Å². The lowest BCUT2D eigenvalue weighted by molar-refractivity contribution is -0.120. The molecule has 0 spiro atoms. The van der Waals surface area contributed by atoms with Gasteiger partial charge >= 0.3 is 0 Å². The zero-order chi connectivity index (χ0) is 12.5. The van der Waals surface area contributed by atoms with Crippen LogP contribution in [-0.4, -0.2) is 22.5 Å². The van der Waals surface area contributed by atoms with Gasteiger partial charge in [0.15, 0.2) is 6.61 Å². The fraction of sp³-hybridized carbons (Fsp3) is 0.417. The van der Waals surface area contributed by atoms with Crippen LogP contribution in [-0.2, 0) is 17.6 Å². The molecule has 2 aromatic rings. The van der Waals surface area contributed by atoms with Gasteiger partial charge in [-0.05, 0) is 31.2 Å². The number of nitrogens with zero attached hydrogens (tertiary/aromatic N) is 2. The fourth-order valence-electron chi connectivity index (χ4n) is 2.31. The van der Waals surface area contributed by atoms with Crippen LogP contribution in [0.3, 0.4) is 0 Å². The minimum atomic E-state index is -0.495. The highest BCUT2D eigenvalue weighted by atomic mass is 32.1. The van der Waals surface area contributed by atoms with Crippen molar-refractivity contribution in [3.05, 3.63) is 16.8 Å². The third-order valence-electron chi connectivity index (χ3n) is 3.07. The number of hydrogen-bond donors (Lipinski definition) is 1. The van der Waals surface area contributed by atoms with Crippen LogP contribution in [0.2, 0.25) is 0 Å². The Hall–Kier alpha value is -1.69. The highest BCUT2D eigenvalue weighted by molar-refractivity contribution is 7.18. The van der Waals surface area contributed by atoms with Gasteiger partial charge in [-0.25, -0.2) is 9.97 Å². The second-order valence-electron chi connectivity index (χ2n) is 4.32. The van der Waals surface area contributed by atoms with E-state index in [-0.39, 0.29) is 6.61 Å². The summed E-state index contributed by atoms with van der Waals surface area (Å²) in [5, 5.41) is 0.971. The van der Waals surface area contributed by atoms with E-state index in [1.165, 1.54) is 29.6 Å². The van der Waals surface area contributed by atoms with Gasteiger partial charge in [-0.2, -0.15) is 0 Å². The molecule has 0 radical (unpaired) electrons. The Morgan fingerprint density at radius 2 is 2.22 bits per heavy atom. The van der Waals surface area contributed by atoms with Crippen molar-refractivity contribution in [1.82, 2.24) is 9.97 Å². The van der Waals surface area contributed by atoms with Crippen molar-refractivity contribution in [2.75, 3.05) is 6.61 Å². The minimum absolute atomic E-state index is 0.142. The van der Waals surface area contributed by atoms with Crippen LogP contribution in [0.1, 0.15) is 23.3 Å². The van der Waals surface area contributed by atoms with E-state index in [1.807, 2.05) is 0 Å². The molecule has 0 aromatic carbocycles. The number of amides is 1. The summed E-state index contributed by atoms with van der Waals surface area (Å²) in [7, 11) is 0. The minimum Gasteiger partial charge on any atom is -0.467 e. The van der Waals surface area contributed by atoms with Gasteiger partial charge < -0.3 is 10.5 Å². The lowest BCUT2D eigenvalue weighted by atomic mass is 9.97. The number of primary amides is 1. The van der Waals surface area contributed by atoms with E-state index >= 15 is 0 Å². The summed E-state index contributed by atoms with van der Waals surface area (Å²) in [4.78, 5) is 21.5. The topological polar surface area (TPSA) is 78.1 Å². The fourth-order valence-corrected chi connectivity index (χ4v) is 3.53. The van der Waals surface area contributed by atoms with Crippen LogP contribution in [0.4, 0.5) is 0 Å². The van der Waals surface area contributed by atoms with Gasteiger partial charge in [0.2, 0.25) is 5.88 Å². The van der Waals surface area contributed by atoms with Gasteiger partial charge in [-0.15, -0.1) is 11.3 Å². The highest BCUT2D eigenvalue weighted by Gasteiger charge is 2.20. The Labute approximate surface area is 108 Å². The quantitative estimate of drug-likeness (QED) is 0.908. The maximum Gasteiger partial charge on any atom is 0.255 e. The molecule has 0 unspecified atom stereocenters. The highest BCUT2D eigenvalue weighted by Crippen LogP contribution is 2.38. The summed E-state index contributed by atoms with van der Waals surface area (Å²) in [6.07, 6.45) is 6.02. The molecule has 1 aliphatic carbocycles. The number of thiophene rings is 1. The predicted molar refractivity (Wildman–Crippen MR) is 68.7 cm³/mol. The molecule has 94 valence electrons. The number of aromatic nitrogens is 2. The molecule has 2 N–H and O–H groups in total. The number of ether oxygens (including phenoxy) is 1. The maximum atomic E-state index is 10.8. The van der Waals surface area contributed by atoms with Gasteiger partial charge in [0, 0.05) is 4.88 Å². The largest absolute Gasteiger partial charge is 0.467 e. The molecule has 2 heterocycles. The second-order valence-corrected chi connectivity index (χ2v) is 5.41. The molecule has 0 saturated heterocycles. The van der Waals surface area contributed by atoms with Crippen molar-refractivity contribution in [3.8, 4) is 5.88 Å². The standard InChI is InChI=1S/C12H13N3O2S/c13-9(16)5-17-11-10-7-3-1-2-4-8(7)18-12(10)15-6-14-11/h6H,1-5H2,(H2,13,16). The lowest BCUT2D eigenvalue weighted by Crippen LogP contribution is -2.20. The van der Waals surface area contributed by atoms with E-state index in [0.717, 1.165) is 23.1 Å². The average molecular weight is 263 g/mol. The number of aryl methyl sites for hydroxylation is 2. The first kappa shape index (κ1) is 11.4.